The molecule has 0 fully saturated rings. The molecule has 1 aromatic rings. The molecule has 0 aromatic heterocycles. The average molecular weight is 791 g/mol. The number of halogens is 3. The van der Waals surface area contributed by atoms with E-state index in [0.29, 0.717) is 0 Å². The number of rotatable bonds is 26. The van der Waals surface area contributed by atoms with Crippen LogP contribution in [0.1, 0.15) is 149 Å². The van der Waals surface area contributed by atoms with E-state index in [9.17, 15) is 13.0 Å². The third-order valence-electron chi connectivity index (χ3n) is 8.79. The highest BCUT2D eigenvalue weighted by atomic mass is 79.9. The second-order valence-electron chi connectivity index (χ2n) is 13.9. The lowest BCUT2D eigenvalue weighted by molar-refractivity contribution is -0.915. The van der Waals surface area contributed by atoms with Crippen molar-refractivity contribution >= 4 is 37.6 Å². The number of hydrogen-bond donors (Lipinski definition) is 0. The van der Waals surface area contributed by atoms with Gasteiger partial charge >= 0.3 is 0 Å². The maximum Gasteiger partial charge on any atom is 0.134 e. The lowest BCUT2D eigenvalue weighted by atomic mass is 10.1. The van der Waals surface area contributed by atoms with E-state index < -0.39 is 10.1 Å². The Morgan fingerprint density at radius 2 is 0.979 bits per heavy atom. The van der Waals surface area contributed by atoms with Crippen molar-refractivity contribution in [1.29, 1.82) is 0 Å². The molecule has 9 heteroatoms. The summed E-state index contributed by atoms with van der Waals surface area (Å²) in [6, 6.07) is 5.78. The van der Waals surface area contributed by atoms with Crippen LogP contribution in [0.25, 0.3) is 0 Å². The Morgan fingerprint density at radius 1 is 0.617 bits per heavy atom. The first-order valence-electron chi connectivity index (χ1n) is 18.7. The molecule has 0 N–H and O–H groups in total. The minimum absolute atomic E-state index is 0. The van der Waals surface area contributed by atoms with Crippen LogP contribution in [0, 0.1) is 6.92 Å². The molecule has 0 bridgehead atoms. The molecular weight excluding hydrogens is 715 g/mol. The maximum atomic E-state index is 10.4. The normalized spacial score (nSPS) is 11.6. The molecule has 0 aliphatic heterocycles. The Balaban J connectivity index is -0.000000637. The Labute approximate surface area is 313 Å². The Bertz CT molecular complexity index is 881. The van der Waals surface area contributed by atoms with Crippen LogP contribution < -0.4 is 12.4 Å². The molecule has 0 aliphatic rings. The van der Waals surface area contributed by atoms with Gasteiger partial charge in [-0.1, -0.05) is 116 Å². The summed E-state index contributed by atoms with van der Waals surface area (Å²) in [7, 11) is 0.457. The number of unbranched alkanes of at least 4 members (excludes halogenated alkanes) is 13. The Hall–Kier alpha value is 0.110. The summed E-state index contributed by atoms with van der Waals surface area (Å²) in [6.07, 6.45) is 24.8. The Morgan fingerprint density at radius 3 is 1.32 bits per heavy atom. The van der Waals surface area contributed by atoms with E-state index in [0.717, 1.165) is 16.9 Å². The first-order chi connectivity index (χ1) is 21.9. The molecule has 0 atom stereocenters. The molecule has 47 heavy (non-hydrogen) atoms. The lowest BCUT2D eigenvalue weighted by Gasteiger charge is -2.37. The van der Waals surface area contributed by atoms with E-state index in [4.69, 9.17) is 11.6 Å². The Kier molecular flexibility index (Phi) is 36.4. The largest absolute Gasteiger partial charge is 1.00 e. The maximum absolute atomic E-state index is 10.4. The third kappa shape index (κ3) is 31.8. The second-order valence-corrected chi connectivity index (χ2v) is 16.2. The van der Waals surface area contributed by atoms with Crippen LogP contribution >= 0.6 is 27.5 Å². The number of aryl methyl sites for hydroxylation is 1. The summed E-state index contributed by atoms with van der Waals surface area (Å²) in [4.78, 5) is -0.178. The molecule has 0 radical (unpaired) electrons. The molecule has 0 aliphatic carbocycles. The van der Waals surface area contributed by atoms with Crippen molar-refractivity contribution in [2.45, 2.75) is 155 Å². The van der Waals surface area contributed by atoms with E-state index in [1.807, 2.05) is 6.92 Å². The van der Waals surface area contributed by atoms with Crippen molar-refractivity contribution in [3.63, 3.8) is 0 Å². The SMILES string of the molecule is CCCCCCCCCCCC[N+](C)(C)CCCCCl.CCCC[N+](CBr)(CCCC)CCCC.Cc1ccc(S(=O)(=O)[O-])cc1.[Cl-]. The summed E-state index contributed by atoms with van der Waals surface area (Å²) in [5.41, 5.74) is 2.07. The molecular formula is C38H75BrCl2N2O3S. The van der Waals surface area contributed by atoms with Crippen LogP contribution in [0.3, 0.4) is 0 Å². The van der Waals surface area contributed by atoms with Gasteiger partial charge < -0.3 is 25.9 Å². The topological polar surface area (TPSA) is 57.2 Å². The van der Waals surface area contributed by atoms with E-state index in [1.54, 1.807) is 12.1 Å². The average Bonchev–Trinajstić information content (AvgIpc) is 3.02. The summed E-state index contributed by atoms with van der Waals surface area (Å²) in [6.45, 7) is 17.7. The minimum Gasteiger partial charge on any atom is -1.00 e. The van der Waals surface area contributed by atoms with Crippen LogP contribution in [-0.2, 0) is 10.1 Å². The molecule has 1 aromatic carbocycles. The summed E-state index contributed by atoms with van der Waals surface area (Å²) in [5.74, 6) is 0.818. The second kappa shape index (κ2) is 33.3. The number of quaternary nitrogens is 2. The summed E-state index contributed by atoms with van der Waals surface area (Å²) in [5, 5.41) is 0. The molecule has 0 saturated carbocycles. The minimum atomic E-state index is -4.27. The molecule has 5 nitrogen and oxygen atoms in total. The summed E-state index contributed by atoms with van der Waals surface area (Å²) >= 11 is 9.47. The van der Waals surface area contributed by atoms with Gasteiger partial charge in [-0.25, -0.2) is 8.42 Å². The number of alkyl halides is 2. The van der Waals surface area contributed by atoms with Crippen molar-refractivity contribution in [3.8, 4) is 0 Å². The van der Waals surface area contributed by atoms with Gasteiger partial charge in [-0.2, -0.15) is 0 Å². The van der Waals surface area contributed by atoms with E-state index >= 15 is 0 Å². The number of nitrogens with zero attached hydrogens (tertiary/aromatic N) is 2. The smallest absolute Gasteiger partial charge is 0.134 e. The van der Waals surface area contributed by atoms with Gasteiger partial charge in [0, 0.05) is 5.88 Å². The lowest BCUT2D eigenvalue weighted by Crippen LogP contribution is -3.00. The molecule has 0 amide bonds. The highest BCUT2D eigenvalue weighted by Gasteiger charge is 2.23. The fourth-order valence-electron chi connectivity index (χ4n) is 5.47. The van der Waals surface area contributed by atoms with E-state index in [-0.39, 0.29) is 17.3 Å². The zero-order valence-corrected chi connectivity index (χ0v) is 35.6. The quantitative estimate of drug-likeness (QED) is 0.0311. The van der Waals surface area contributed by atoms with Gasteiger partial charge in [0.25, 0.3) is 0 Å². The monoisotopic (exact) mass is 788 g/mol. The van der Waals surface area contributed by atoms with Gasteiger partial charge in [0.1, 0.15) is 15.6 Å². The molecule has 0 heterocycles. The standard InChI is InChI=1S/C18H39ClN.C13H29BrN.C7H8O3S.ClH/c1-4-5-6-7-8-9-10-11-12-14-17-20(2,3)18-15-13-16-19;1-4-7-10-15(13-14,11-8-5-2)12-9-6-3;1-6-2-4-7(5-3-6)11(8,9)10;/h4-18H2,1-3H3;4-13H2,1-3H3;2-5H,1H3,(H,8,9,10);1H/q2*+1;;/p-2. The number of benzene rings is 1. The van der Waals surface area contributed by atoms with Gasteiger partial charge in [0.05, 0.1) is 51.7 Å². The van der Waals surface area contributed by atoms with Crippen LogP contribution in [0.5, 0.6) is 0 Å². The van der Waals surface area contributed by atoms with E-state index in [2.05, 4.69) is 57.7 Å². The van der Waals surface area contributed by atoms with Gasteiger partial charge in [-0.05, 0) is 79.9 Å². The fraction of sp³-hybridized carbons (Fsp3) is 0.842. The van der Waals surface area contributed by atoms with Crippen LogP contribution in [0.4, 0.5) is 0 Å². The predicted molar refractivity (Wildman–Crippen MR) is 206 cm³/mol. The third-order valence-corrected chi connectivity index (χ3v) is 11.0. The zero-order chi connectivity index (χ0) is 35.2. The van der Waals surface area contributed by atoms with Gasteiger partial charge in [-0.15, -0.1) is 11.6 Å². The first-order valence-corrected chi connectivity index (χ1v) is 21.7. The molecule has 1 rings (SSSR count). The van der Waals surface area contributed by atoms with Crippen molar-refractivity contribution in [2.24, 2.45) is 0 Å². The van der Waals surface area contributed by atoms with Gasteiger partial charge in [0.15, 0.2) is 0 Å². The van der Waals surface area contributed by atoms with Gasteiger partial charge in [0.2, 0.25) is 0 Å². The van der Waals surface area contributed by atoms with Crippen molar-refractivity contribution in [1.82, 2.24) is 0 Å². The zero-order valence-electron chi connectivity index (χ0n) is 31.6. The molecule has 0 spiro atoms. The highest BCUT2D eigenvalue weighted by Crippen LogP contribution is 2.17. The van der Waals surface area contributed by atoms with Crippen LogP contribution in [-0.4, -0.2) is 80.1 Å². The predicted octanol–water partition coefficient (Wildman–Crippen LogP) is 8.46. The summed E-state index contributed by atoms with van der Waals surface area (Å²) < 4.78 is 33.6. The molecule has 0 saturated heterocycles. The fourth-order valence-corrected chi connectivity index (χ4v) is 6.88. The van der Waals surface area contributed by atoms with Crippen LogP contribution in [0.2, 0.25) is 0 Å². The number of hydrogen-bond acceptors (Lipinski definition) is 3. The van der Waals surface area contributed by atoms with Crippen molar-refractivity contribution in [3.05, 3.63) is 29.8 Å². The highest BCUT2D eigenvalue weighted by molar-refractivity contribution is 9.09. The van der Waals surface area contributed by atoms with Gasteiger partial charge in [-0.3, -0.25) is 0 Å². The molecule has 0 unspecified atom stereocenters. The van der Waals surface area contributed by atoms with Crippen LogP contribution in [0.15, 0.2) is 29.2 Å². The van der Waals surface area contributed by atoms with Crippen molar-refractivity contribution in [2.75, 3.05) is 58.2 Å². The molecule has 282 valence electrons. The first kappa shape index (κ1) is 51.5. The van der Waals surface area contributed by atoms with E-state index in [1.165, 1.54) is 169 Å². The van der Waals surface area contributed by atoms with Crippen molar-refractivity contribution < 1.29 is 34.3 Å².